The first kappa shape index (κ1) is 11.7. The molecule has 2 N–H and O–H groups in total. The molecule has 17 heavy (non-hydrogen) atoms. The molecule has 0 amide bonds. The van der Waals surface area contributed by atoms with E-state index in [2.05, 4.69) is 20.4 Å². The van der Waals surface area contributed by atoms with Crippen molar-refractivity contribution in [3.63, 3.8) is 0 Å². The summed E-state index contributed by atoms with van der Waals surface area (Å²) in [6, 6.07) is 1.88. The fraction of sp³-hybridized carbons (Fsp3) is 0.300. The minimum Gasteiger partial charge on any atom is -0.369 e. The van der Waals surface area contributed by atoms with Crippen LogP contribution in [0.5, 0.6) is 0 Å². The average Bonchev–Trinajstić information content (AvgIpc) is 2.83. The zero-order valence-electron chi connectivity index (χ0n) is 9.06. The lowest BCUT2D eigenvalue weighted by Gasteiger charge is -2.06. The van der Waals surface area contributed by atoms with E-state index >= 15 is 0 Å². The van der Waals surface area contributed by atoms with Crippen molar-refractivity contribution in [2.45, 2.75) is 13.0 Å². The van der Waals surface area contributed by atoms with Gasteiger partial charge in [-0.25, -0.2) is 4.98 Å². The van der Waals surface area contributed by atoms with E-state index in [-0.39, 0.29) is 10.6 Å². The molecule has 0 aliphatic carbocycles. The van der Waals surface area contributed by atoms with Gasteiger partial charge in [-0.2, -0.15) is 5.10 Å². The predicted molar refractivity (Wildman–Crippen MR) is 65.2 cm³/mol. The van der Waals surface area contributed by atoms with E-state index in [4.69, 9.17) is 11.6 Å². The number of anilines is 1. The lowest BCUT2D eigenvalue weighted by Crippen LogP contribution is -2.13. The Bertz CT molecular complexity index is 522. The Hall–Kier alpha value is -1.82. The van der Waals surface area contributed by atoms with Gasteiger partial charge in [-0.3, -0.25) is 9.48 Å². The molecule has 6 nitrogen and oxygen atoms in total. The van der Waals surface area contributed by atoms with Crippen LogP contribution in [-0.4, -0.2) is 26.3 Å². The van der Waals surface area contributed by atoms with Crippen molar-refractivity contribution in [2.75, 3.05) is 11.9 Å². The number of aromatic amines is 1. The van der Waals surface area contributed by atoms with E-state index in [1.807, 2.05) is 16.9 Å². The highest BCUT2D eigenvalue weighted by Gasteiger charge is 2.04. The molecule has 0 fully saturated rings. The number of H-pyrrole nitrogens is 1. The van der Waals surface area contributed by atoms with E-state index in [0.717, 1.165) is 13.0 Å². The molecule has 2 rings (SSSR count). The predicted octanol–water partition coefficient (Wildman–Crippen LogP) is 1.12. The molecular formula is C10H12ClN5O. The molecule has 90 valence electrons. The first-order chi connectivity index (χ1) is 8.27. The second kappa shape index (κ2) is 5.49. The van der Waals surface area contributed by atoms with Crippen molar-refractivity contribution in [3.8, 4) is 0 Å². The number of aromatic nitrogens is 4. The van der Waals surface area contributed by atoms with Gasteiger partial charge in [0, 0.05) is 25.5 Å². The van der Waals surface area contributed by atoms with Crippen molar-refractivity contribution in [1.82, 2.24) is 19.7 Å². The maximum atomic E-state index is 11.2. The normalized spacial score (nSPS) is 10.4. The van der Waals surface area contributed by atoms with E-state index in [1.54, 1.807) is 6.20 Å². The van der Waals surface area contributed by atoms with Gasteiger partial charge in [0.2, 0.25) is 0 Å². The van der Waals surface area contributed by atoms with Crippen LogP contribution in [0.1, 0.15) is 6.42 Å². The zero-order chi connectivity index (χ0) is 12.1. The van der Waals surface area contributed by atoms with Crippen molar-refractivity contribution in [3.05, 3.63) is 40.2 Å². The second-order valence-electron chi connectivity index (χ2n) is 3.44. The largest absolute Gasteiger partial charge is 0.369 e. The quantitative estimate of drug-likeness (QED) is 0.783. The SMILES string of the molecule is O=c1[nH]cnc(NCCCn2cccn2)c1Cl. The molecule has 2 heterocycles. The summed E-state index contributed by atoms with van der Waals surface area (Å²) in [5.41, 5.74) is -0.337. The number of hydrogen-bond donors (Lipinski definition) is 2. The minimum absolute atomic E-state index is 0.0894. The molecule has 7 heteroatoms. The summed E-state index contributed by atoms with van der Waals surface area (Å²) in [5, 5.41) is 7.19. The van der Waals surface area contributed by atoms with E-state index in [9.17, 15) is 4.79 Å². The molecular weight excluding hydrogens is 242 g/mol. The van der Waals surface area contributed by atoms with Crippen LogP contribution in [0.15, 0.2) is 29.6 Å². The molecule has 0 saturated heterocycles. The van der Waals surface area contributed by atoms with Crippen molar-refractivity contribution >= 4 is 17.4 Å². The highest BCUT2D eigenvalue weighted by atomic mass is 35.5. The first-order valence-electron chi connectivity index (χ1n) is 5.22. The average molecular weight is 254 g/mol. The van der Waals surface area contributed by atoms with Crippen LogP contribution in [0.25, 0.3) is 0 Å². The lowest BCUT2D eigenvalue weighted by molar-refractivity contribution is 0.591. The molecule has 0 aliphatic heterocycles. The molecule has 0 bridgehead atoms. The number of nitrogens with zero attached hydrogens (tertiary/aromatic N) is 3. The van der Waals surface area contributed by atoms with Crippen LogP contribution in [-0.2, 0) is 6.54 Å². The fourth-order valence-electron chi connectivity index (χ4n) is 1.39. The topological polar surface area (TPSA) is 75.6 Å². The monoisotopic (exact) mass is 253 g/mol. The Morgan fingerprint density at radius 2 is 2.41 bits per heavy atom. The Balaban J connectivity index is 1.82. The standard InChI is InChI=1S/C10H12ClN5O/c11-8-9(13-7-14-10(8)17)12-3-1-5-16-6-2-4-15-16/h2,4,6-7H,1,3,5H2,(H2,12,13,14,17). The minimum atomic E-state index is -0.337. The third kappa shape index (κ3) is 3.07. The Labute approximate surface area is 103 Å². The summed E-state index contributed by atoms with van der Waals surface area (Å²) in [6.07, 6.45) is 5.83. The summed E-state index contributed by atoms with van der Waals surface area (Å²) in [5.74, 6) is 0.413. The summed E-state index contributed by atoms with van der Waals surface area (Å²) in [7, 11) is 0. The summed E-state index contributed by atoms with van der Waals surface area (Å²) in [6.45, 7) is 1.48. The van der Waals surface area contributed by atoms with Gasteiger partial charge in [0.25, 0.3) is 5.56 Å². The Kier molecular flexibility index (Phi) is 3.77. The van der Waals surface area contributed by atoms with Crippen LogP contribution in [0, 0.1) is 0 Å². The van der Waals surface area contributed by atoms with Gasteiger partial charge in [-0.05, 0) is 12.5 Å². The molecule has 0 radical (unpaired) electrons. The molecule has 0 spiro atoms. The lowest BCUT2D eigenvalue weighted by atomic mass is 10.4. The molecule has 0 aliphatic rings. The van der Waals surface area contributed by atoms with Gasteiger partial charge in [0.05, 0.1) is 6.33 Å². The number of aryl methyl sites for hydroxylation is 1. The fourth-order valence-corrected chi connectivity index (χ4v) is 1.56. The van der Waals surface area contributed by atoms with E-state index < -0.39 is 0 Å². The van der Waals surface area contributed by atoms with Gasteiger partial charge >= 0.3 is 0 Å². The molecule has 0 unspecified atom stereocenters. The Morgan fingerprint density at radius 3 is 3.18 bits per heavy atom. The van der Waals surface area contributed by atoms with Gasteiger partial charge < -0.3 is 10.3 Å². The highest BCUT2D eigenvalue weighted by molar-refractivity contribution is 6.32. The second-order valence-corrected chi connectivity index (χ2v) is 3.82. The zero-order valence-corrected chi connectivity index (χ0v) is 9.81. The van der Waals surface area contributed by atoms with Crippen LogP contribution in [0.2, 0.25) is 5.02 Å². The van der Waals surface area contributed by atoms with Gasteiger partial charge in [0.1, 0.15) is 5.02 Å². The van der Waals surface area contributed by atoms with E-state index in [0.29, 0.717) is 12.4 Å². The van der Waals surface area contributed by atoms with E-state index in [1.165, 1.54) is 6.33 Å². The first-order valence-corrected chi connectivity index (χ1v) is 5.59. The van der Waals surface area contributed by atoms with Gasteiger partial charge in [-0.15, -0.1) is 0 Å². The third-order valence-electron chi connectivity index (χ3n) is 2.21. The van der Waals surface area contributed by atoms with Crippen LogP contribution >= 0.6 is 11.6 Å². The number of rotatable bonds is 5. The molecule has 2 aromatic heterocycles. The maximum absolute atomic E-state index is 11.2. The Morgan fingerprint density at radius 1 is 1.53 bits per heavy atom. The maximum Gasteiger partial charge on any atom is 0.271 e. The third-order valence-corrected chi connectivity index (χ3v) is 2.56. The summed E-state index contributed by atoms with van der Waals surface area (Å²) < 4.78 is 1.84. The van der Waals surface area contributed by atoms with Gasteiger partial charge in [-0.1, -0.05) is 11.6 Å². The molecule has 2 aromatic rings. The number of nitrogens with one attached hydrogen (secondary N) is 2. The van der Waals surface area contributed by atoms with Crippen molar-refractivity contribution in [2.24, 2.45) is 0 Å². The number of hydrogen-bond acceptors (Lipinski definition) is 4. The highest BCUT2D eigenvalue weighted by Crippen LogP contribution is 2.11. The molecule has 0 aromatic carbocycles. The molecule has 0 atom stereocenters. The van der Waals surface area contributed by atoms with Crippen LogP contribution in [0.4, 0.5) is 5.82 Å². The van der Waals surface area contributed by atoms with Crippen LogP contribution < -0.4 is 10.9 Å². The molecule has 0 saturated carbocycles. The smallest absolute Gasteiger partial charge is 0.271 e. The summed E-state index contributed by atoms with van der Waals surface area (Å²) in [4.78, 5) is 17.5. The van der Waals surface area contributed by atoms with Crippen molar-refractivity contribution in [1.29, 1.82) is 0 Å². The number of halogens is 1. The summed E-state index contributed by atoms with van der Waals surface area (Å²) >= 11 is 5.79. The van der Waals surface area contributed by atoms with Crippen LogP contribution in [0.3, 0.4) is 0 Å². The van der Waals surface area contributed by atoms with Gasteiger partial charge in [0.15, 0.2) is 5.82 Å². The van der Waals surface area contributed by atoms with Crippen molar-refractivity contribution < 1.29 is 0 Å².